The van der Waals surface area contributed by atoms with Gasteiger partial charge >= 0.3 is 0 Å². The molecule has 0 fully saturated rings. The summed E-state index contributed by atoms with van der Waals surface area (Å²) in [5.74, 6) is 0.833. The Kier molecular flexibility index (Phi) is 6.35. The van der Waals surface area contributed by atoms with Gasteiger partial charge in [-0.05, 0) is 49.2 Å². The lowest BCUT2D eigenvalue weighted by Crippen LogP contribution is -2.36. The Labute approximate surface area is 165 Å². The van der Waals surface area contributed by atoms with Crippen molar-refractivity contribution in [3.63, 3.8) is 0 Å². The molecular formula is C21H25ClN4O. The van der Waals surface area contributed by atoms with Crippen LogP contribution in [-0.4, -0.2) is 35.9 Å². The fraction of sp³-hybridized carbons (Fsp3) is 0.333. The molecule has 5 nitrogen and oxygen atoms in total. The topological polar surface area (TPSA) is 56.7 Å². The SMILES string of the molecule is CC(C)N(Cc1cccc(Cl)c1)C(=O)c1cccc(CNC2=NCCN2)c1. The fourth-order valence-electron chi connectivity index (χ4n) is 3.00. The van der Waals surface area contributed by atoms with E-state index in [1.165, 1.54) is 0 Å². The third kappa shape index (κ3) is 5.23. The summed E-state index contributed by atoms with van der Waals surface area (Å²) in [7, 11) is 0. The Morgan fingerprint density at radius 1 is 1.22 bits per heavy atom. The Morgan fingerprint density at radius 2 is 2.00 bits per heavy atom. The largest absolute Gasteiger partial charge is 0.355 e. The predicted octanol–water partition coefficient (Wildman–Crippen LogP) is 3.44. The molecule has 27 heavy (non-hydrogen) atoms. The van der Waals surface area contributed by atoms with Gasteiger partial charge in [0.05, 0.1) is 6.54 Å². The van der Waals surface area contributed by atoms with Gasteiger partial charge in [0.1, 0.15) is 0 Å². The van der Waals surface area contributed by atoms with Crippen LogP contribution in [0.25, 0.3) is 0 Å². The first kappa shape index (κ1) is 19.2. The average molecular weight is 385 g/mol. The van der Waals surface area contributed by atoms with E-state index in [9.17, 15) is 4.79 Å². The number of nitrogens with zero attached hydrogens (tertiary/aromatic N) is 2. The highest BCUT2D eigenvalue weighted by molar-refractivity contribution is 6.30. The van der Waals surface area contributed by atoms with Crippen molar-refractivity contribution in [1.29, 1.82) is 0 Å². The van der Waals surface area contributed by atoms with E-state index >= 15 is 0 Å². The number of rotatable bonds is 6. The molecule has 1 heterocycles. The Bertz CT molecular complexity index is 834. The number of nitrogens with one attached hydrogen (secondary N) is 2. The molecule has 2 N–H and O–H groups in total. The lowest BCUT2D eigenvalue weighted by atomic mass is 10.1. The Morgan fingerprint density at radius 3 is 2.70 bits per heavy atom. The van der Waals surface area contributed by atoms with Gasteiger partial charge in [0.15, 0.2) is 5.96 Å². The molecule has 2 aromatic rings. The van der Waals surface area contributed by atoms with Crippen LogP contribution in [0.1, 0.15) is 35.3 Å². The highest BCUT2D eigenvalue weighted by Gasteiger charge is 2.19. The van der Waals surface area contributed by atoms with Gasteiger partial charge in [0, 0.05) is 36.3 Å². The average Bonchev–Trinajstić information content (AvgIpc) is 3.18. The van der Waals surface area contributed by atoms with E-state index in [1.54, 1.807) is 0 Å². The Balaban J connectivity index is 1.72. The summed E-state index contributed by atoms with van der Waals surface area (Å²) in [6.45, 7) is 6.88. The summed E-state index contributed by atoms with van der Waals surface area (Å²) < 4.78 is 0. The minimum atomic E-state index is 0.0168. The van der Waals surface area contributed by atoms with Crippen molar-refractivity contribution in [3.05, 3.63) is 70.2 Å². The lowest BCUT2D eigenvalue weighted by Gasteiger charge is -2.27. The first-order valence-corrected chi connectivity index (χ1v) is 9.57. The fourth-order valence-corrected chi connectivity index (χ4v) is 3.22. The number of aliphatic imine (C=N–C) groups is 1. The van der Waals surface area contributed by atoms with Gasteiger partial charge in [0.2, 0.25) is 0 Å². The number of hydrogen-bond acceptors (Lipinski definition) is 4. The quantitative estimate of drug-likeness (QED) is 0.802. The highest BCUT2D eigenvalue weighted by atomic mass is 35.5. The molecule has 0 aliphatic carbocycles. The van der Waals surface area contributed by atoms with Gasteiger partial charge < -0.3 is 15.5 Å². The molecule has 142 valence electrons. The molecular weight excluding hydrogens is 360 g/mol. The van der Waals surface area contributed by atoms with Gasteiger partial charge in [0.25, 0.3) is 5.91 Å². The van der Waals surface area contributed by atoms with Gasteiger partial charge in [-0.25, -0.2) is 0 Å². The van der Waals surface area contributed by atoms with Crippen molar-refractivity contribution in [1.82, 2.24) is 15.5 Å². The second-order valence-corrected chi connectivity index (χ2v) is 7.30. The van der Waals surface area contributed by atoms with E-state index in [0.717, 1.165) is 30.2 Å². The molecule has 1 amide bonds. The van der Waals surface area contributed by atoms with E-state index in [4.69, 9.17) is 11.6 Å². The van der Waals surface area contributed by atoms with Gasteiger partial charge in [-0.2, -0.15) is 0 Å². The van der Waals surface area contributed by atoms with Crippen molar-refractivity contribution in [2.24, 2.45) is 4.99 Å². The summed E-state index contributed by atoms with van der Waals surface area (Å²) in [5, 5.41) is 7.12. The number of guanidine groups is 1. The van der Waals surface area contributed by atoms with Gasteiger partial charge in [-0.3, -0.25) is 9.79 Å². The number of amides is 1. The van der Waals surface area contributed by atoms with Crippen molar-refractivity contribution in [2.75, 3.05) is 13.1 Å². The van der Waals surface area contributed by atoms with E-state index in [1.807, 2.05) is 67.3 Å². The molecule has 0 spiro atoms. The second kappa shape index (κ2) is 8.91. The van der Waals surface area contributed by atoms with E-state index in [-0.39, 0.29) is 11.9 Å². The maximum absolute atomic E-state index is 13.1. The summed E-state index contributed by atoms with van der Waals surface area (Å²) in [6.07, 6.45) is 0. The first-order valence-electron chi connectivity index (χ1n) is 9.19. The minimum Gasteiger partial charge on any atom is -0.355 e. The molecule has 0 unspecified atom stereocenters. The predicted molar refractivity (Wildman–Crippen MR) is 110 cm³/mol. The molecule has 1 aliphatic heterocycles. The number of carbonyl (C=O) groups is 1. The van der Waals surface area contributed by atoms with Crippen LogP contribution in [0.3, 0.4) is 0 Å². The molecule has 0 saturated heterocycles. The number of benzene rings is 2. The summed E-state index contributed by atoms with van der Waals surface area (Å²) in [4.78, 5) is 19.3. The zero-order valence-corrected chi connectivity index (χ0v) is 16.5. The van der Waals surface area contributed by atoms with Gasteiger partial charge in [-0.15, -0.1) is 0 Å². The zero-order valence-electron chi connectivity index (χ0n) is 15.7. The molecule has 0 radical (unpaired) electrons. The standard InChI is InChI=1S/C21H25ClN4O/c1-15(2)26(14-17-6-4-8-19(22)12-17)20(27)18-7-3-5-16(11-18)13-25-21-23-9-10-24-21/h3-8,11-12,15H,9-10,13-14H2,1-2H3,(H2,23,24,25). The maximum atomic E-state index is 13.1. The summed E-state index contributed by atoms with van der Waals surface area (Å²) in [6, 6.07) is 15.5. The highest BCUT2D eigenvalue weighted by Crippen LogP contribution is 2.17. The van der Waals surface area contributed by atoms with Crippen molar-refractivity contribution >= 4 is 23.5 Å². The molecule has 3 rings (SSSR count). The van der Waals surface area contributed by atoms with Crippen LogP contribution >= 0.6 is 11.6 Å². The normalized spacial score (nSPS) is 13.3. The molecule has 0 bridgehead atoms. The molecule has 2 aromatic carbocycles. The molecule has 6 heteroatoms. The molecule has 0 atom stereocenters. The van der Waals surface area contributed by atoms with Crippen molar-refractivity contribution in [3.8, 4) is 0 Å². The van der Waals surface area contributed by atoms with E-state index in [0.29, 0.717) is 23.7 Å². The van der Waals surface area contributed by atoms with E-state index < -0.39 is 0 Å². The second-order valence-electron chi connectivity index (χ2n) is 6.87. The Hall–Kier alpha value is -2.53. The first-order chi connectivity index (χ1) is 13.0. The number of hydrogen-bond donors (Lipinski definition) is 2. The zero-order chi connectivity index (χ0) is 19.2. The third-order valence-corrected chi connectivity index (χ3v) is 4.67. The lowest BCUT2D eigenvalue weighted by molar-refractivity contribution is 0.0690. The van der Waals surface area contributed by atoms with Crippen LogP contribution in [-0.2, 0) is 13.1 Å². The summed E-state index contributed by atoms with van der Waals surface area (Å²) in [5.41, 5.74) is 2.75. The van der Waals surface area contributed by atoms with Crippen LogP contribution in [0.4, 0.5) is 0 Å². The van der Waals surface area contributed by atoms with Crippen LogP contribution in [0, 0.1) is 0 Å². The maximum Gasteiger partial charge on any atom is 0.254 e. The monoisotopic (exact) mass is 384 g/mol. The minimum absolute atomic E-state index is 0.0168. The van der Waals surface area contributed by atoms with Crippen molar-refractivity contribution < 1.29 is 4.79 Å². The molecule has 0 saturated carbocycles. The van der Waals surface area contributed by atoms with Gasteiger partial charge in [-0.1, -0.05) is 35.9 Å². The van der Waals surface area contributed by atoms with Crippen molar-refractivity contribution in [2.45, 2.75) is 33.0 Å². The molecule has 0 aromatic heterocycles. The number of halogens is 1. The summed E-state index contributed by atoms with van der Waals surface area (Å²) >= 11 is 6.09. The van der Waals surface area contributed by atoms with Crippen LogP contribution in [0.15, 0.2) is 53.5 Å². The van der Waals surface area contributed by atoms with Crippen LogP contribution < -0.4 is 10.6 Å². The van der Waals surface area contributed by atoms with E-state index in [2.05, 4.69) is 15.6 Å². The number of carbonyl (C=O) groups excluding carboxylic acids is 1. The van der Waals surface area contributed by atoms with Crippen LogP contribution in [0.5, 0.6) is 0 Å². The third-order valence-electron chi connectivity index (χ3n) is 4.43. The van der Waals surface area contributed by atoms with Crippen LogP contribution in [0.2, 0.25) is 5.02 Å². The smallest absolute Gasteiger partial charge is 0.254 e. The molecule has 1 aliphatic rings.